The highest BCUT2D eigenvalue weighted by Crippen LogP contribution is 2.26. The van der Waals surface area contributed by atoms with Crippen molar-refractivity contribution < 1.29 is 22.3 Å². The second kappa shape index (κ2) is 8.71. The molecule has 1 saturated heterocycles. The Morgan fingerprint density at radius 2 is 1.85 bits per heavy atom. The normalized spacial score (nSPS) is 18.2. The first-order valence-corrected chi connectivity index (χ1v) is 10.5. The Morgan fingerprint density at radius 1 is 1.11 bits per heavy atom. The van der Waals surface area contributed by atoms with E-state index in [1.807, 2.05) is 6.92 Å². The molecular formula is C20H24FNO4S. The number of para-hydroxylation sites is 1. The summed E-state index contributed by atoms with van der Waals surface area (Å²) in [7, 11) is -3.57. The molecule has 0 aromatic heterocycles. The van der Waals surface area contributed by atoms with Crippen LogP contribution in [0.4, 0.5) is 4.39 Å². The highest BCUT2D eigenvalue weighted by atomic mass is 32.2. The minimum Gasteiger partial charge on any atom is -0.494 e. The summed E-state index contributed by atoms with van der Waals surface area (Å²) in [4.78, 5) is 0.252. The second-order valence-electron chi connectivity index (χ2n) is 6.52. The average Bonchev–Trinajstić information content (AvgIpc) is 2.68. The van der Waals surface area contributed by atoms with E-state index in [0.717, 1.165) is 12.8 Å². The molecule has 0 bridgehead atoms. The van der Waals surface area contributed by atoms with E-state index in [1.54, 1.807) is 42.5 Å². The van der Waals surface area contributed by atoms with Gasteiger partial charge in [-0.2, -0.15) is 4.31 Å². The van der Waals surface area contributed by atoms with Gasteiger partial charge in [0, 0.05) is 19.0 Å². The minimum absolute atomic E-state index is 0.0239. The summed E-state index contributed by atoms with van der Waals surface area (Å²) in [6.07, 6.45) is 1.60. The van der Waals surface area contributed by atoms with Gasteiger partial charge in [-0.1, -0.05) is 12.1 Å². The Kier molecular flexibility index (Phi) is 6.34. The fourth-order valence-electron chi connectivity index (χ4n) is 3.17. The van der Waals surface area contributed by atoms with Crippen molar-refractivity contribution in [1.82, 2.24) is 4.31 Å². The molecule has 0 aliphatic carbocycles. The number of benzene rings is 2. The molecule has 1 unspecified atom stereocenters. The first kappa shape index (κ1) is 19.6. The van der Waals surface area contributed by atoms with E-state index in [-0.39, 0.29) is 23.2 Å². The molecule has 0 saturated carbocycles. The van der Waals surface area contributed by atoms with Gasteiger partial charge in [-0.3, -0.25) is 0 Å². The number of hydrogen-bond acceptors (Lipinski definition) is 4. The average molecular weight is 393 g/mol. The molecule has 5 nitrogen and oxygen atoms in total. The molecule has 1 heterocycles. The lowest BCUT2D eigenvalue weighted by atomic mass is 10.0. The number of hydrogen-bond donors (Lipinski definition) is 0. The van der Waals surface area contributed by atoms with E-state index in [0.29, 0.717) is 25.4 Å². The van der Waals surface area contributed by atoms with E-state index in [4.69, 9.17) is 9.47 Å². The second-order valence-corrected chi connectivity index (χ2v) is 8.46. The maximum Gasteiger partial charge on any atom is 0.243 e. The molecule has 0 N–H and O–H groups in total. The van der Waals surface area contributed by atoms with Crippen molar-refractivity contribution in [3.63, 3.8) is 0 Å². The Balaban J connectivity index is 1.65. The van der Waals surface area contributed by atoms with Gasteiger partial charge >= 0.3 is 0 Å². The summed E-state index contributed by atoms with van der Waals surface area (Å²) >= 11 is 0. The third-order valence-corrected chi connectivity index (χ3v) is 6.44. The van der Waals surface area contributed by atoms with Crippen molar-refractivity contribution in [2.45, 2.75) is 24.7 Å². The van der Waals surface area contributed by atoms with Crippen LogP contribution in [-0.2, 0) is 10.0 Å². The SMILES string of the molecule is CCOc1ccc(S(=O)(=O)N2CCCC(COc3ccccc3F)C2)cc1. The van der Waals surface area contributed by atoms with Crippen LogP contribution in [0, 0.1) is 11.7 Å². The summed E-state index contributed by atoms with van der Waals surface area (Å²) in [5.74, 6) is 0.457. The summed E-state index contributed by atoms with van der Waals surface area (Å²) in [5, 5.41) is 0. The van der Waals surface area contributed by atoms with Crippen LogP contribution in [0.1, 0.15) is 19.8 Å². The molecule has 2 aromatic rings. The predicted octanol–water partition coefficient (Wildman–Crippen LogP) is 3.70. The molecule has 146 valence electrons. The zero-order valence-corrected chi connectivity index (χ0v) is 16.1. The maximum atomic E-state index is 13.7. The highest BCUT2D eigenvalue weighted by molar-refractivity contribution is 7.89. The van der Waals surface area contributed by atoms with Crippen LogP contribution in [0.3, 0.4) is 0 Å². The van der Waals surface area contributed by atoms with Gasteiger partial charge in [0.1, 0.15) is 5.75 Å². The molecule has 3 rings (SSSR count). The van der Waals surface area contributed by atoms with Gasteiger partial charge in [0.2, 0.25) is 10.0 Å². The van der Waals surface area contributed by atoms with Crippen LogP contribution in [0.25, 0.3) is 0 Å². The summed E-state index contributed by atoms with van der Waals surface area (Å²) in [6, 6.07) is 12.7. The van der Waals surface area contributed by atoms with Crippen molar-refractivity contribution in [2.75, 3.05) is 26.3 Å². The standard InChI is InChI=1S/C20H24FNO4S/c1-2-25-17-9-11-18(12-10-17)27(23,24)22-13-5-6-16(14-22)15-26-20-8-4-3-7-19(20)21/h3-4,7-12,16H,2,5-6,13-15H2,1H3. The lowest BCUT2D eigenvalue weighted by Gasteiger charge is -2.31. The topological polar surface area (TPSA) is 55.8 Å². The summed E-state index contributed by atoms with van der Waals surface area (Å²) in [5.41, 5.74) is 0. The quantitative estimate of drug-likeness (QED) is 0.720. The molecule has 1 aliphatic rings. The molecule has 7 heteroatoms. The Morgan fingerprint density at radius 3 is 2.56 bits per heavy atom. The van der Waals surface area contributed by atoms with Gasteiger partial charge in [-0.15, -0.1) is 0 Å². The van der Waals surface area contributed by atoms with Crippen LogP contribution < -0.4 is 9.47 Å². The van der Waals surface area contributed by atoms with E-state index >= 15 is 0 Å². The zero-order chi connectivity index (χ0) is 19.3. The minimum atomic E-state index is -3.57. The smallest absolute Gasteiger partial charge is 0.243 e. The van der Waals surface area contributed by atoms with Crippen LogP contribution in [0.5, 0.6) is 11.5 Å². The van der Waals surface area contributed by atoms with Crippen molar-refractivity contribution in [2.24, 2.45) is 5.92 Å². The monoisotopic (exact) mass is 393 g/mol. The fraction of sp³-hybridized carbons (Fsp3) is 0.400. The van der Waals surface area contributed by atoms with Crippen molar-refractivity contribution >= 4 is 10.0 Å². The van der Waals surface area contributed by atoms with Crippen LogP contribution in [-0.4, -0.2) is 39.0 Å². The summed E-state index contributed by atoms with van der Waals surface area (Å²) < 4.78 is 51.9. The predicted molar refractivity (Wildman–Crippen MR) is 101 cm³/mol. The van der Waals surface area contributed by atoms with Crippen LogP contribution >= 0.6 is 0 Å². The molecule has 27 heavy (non-hydrogen) atoms. The van der Waals surface area contributed by atoms with E-state index in [9.17, 15) is 12.8 Å². The van der Waals surface area contributed by atoms with Gasteiger partial charge < -0.3 is 9.47 Å². The van der Waals surface area contributed by atoms with Crippen molar-refractivity contribution in [3.05, 3.63) is 54.3 Å². The third-order valence-electron chi connectivity index (χ3n) is 4.57. The molecule has 1 atom stereocenters. The van der Waals surface area contributed by atoms with E-state index in [1.165, 1.54) is 10.4 Å². The number of nitrogens with zero attached hydrogens (tertiary/aromatic N) is 1. The molecular weight excluding hydrogens is 369 g/mol. The van der Waals surface area contributed by atoms with Crippen molar-refractivity contribution in [3.8, 4) is 11.5 Å². The number of ether oxygens (including phenoxy) is 2. The van der Waals surface area contributed by atoms with Crippen LogP contribution in [0.15, 0.2) is 53.4 Å². The third kappa shape index (κ3) is 4.78. The number of sulfonamides is 1. The highest BCUT2D eigenvalue weighted by Gasteiger charge is 2.30. The number of piperidine rings is 1. The molecule has 0 radical (unpaired) electrons. The van der Waals surface area contributed by atoms with E-state index in [2.05, 4.69) is 0 Å². The Labute approximate surface area is 159 Å². The van der Waals surface area contributed by atoms with Gasteiger partial charge in [-0.05, 0) is 56.2 Å². The molecule has 0 amide bonds. The Bertz CT molecular complexity index is 855. The molecule has 0 spiro atoms. The van der Waals surface area contributed by atoms with Crippen LogP contribution in [0.2, 0.25) is 0 Å². The first-order valence-electron chi connectivity index (χ1n) is 9.11. The molecule has 1 fully saturated rings. The number of halogens is 1. The van der Waals surface area contributed by atoms with E-state index < -0.39 is 15.8 Å². The van der Waals surface area contributed by atoms with Gasteiger partial charge in [0.25, 0.3) is 0 Å². The lowest BCUT2D eigenvalue weighted by molar-refractivity contribution is 0.176. The van der Waals surface area contributed by atoms with Gasteiger partial charge in [0.15, 0.2) is 11.6 Å². The first-order chi connectivity index (χ1) is 13.0. The maximum absolute atomic E-state index is 13.7. The largest absolute Gasteiger partial charge is 0.494 e. The van der Waals surface area contributed by atoms with Gasteiger partial charge in [-0.25, -0.2) is 12.8 Å². The lowest BCUT2D eigenvalue weighted by Crippen LogP contribution is -2.41. The Hall–Kier alpha value is -2.12. The molecule has 1 aliphatic heterocycles. The zero-order valence-electron chi connectivity index (χ0n) is 15.3. The fourth-order valence-corrected chi connectivity index (χ4v) is 4.73. The number of rotatable bonds is 7. The summed E-state index contributed by atoms with van der Waals surface area (Å²) in [6.45, 7) is 3.54. The van der Waals surface area contributed by atoms with Crippen molar-refractivity contribution in [1.29, 1.82) is 0 Å². The van der Waals surface area contributed by atoms with Gasteiger partial charge in [0.05, 0.1) is 18.1 Å². The molecule has 2 aromatic carbocycles.